The molecule has 0 bridgehead atoms. The zero-order valence-corrected chi connectivity index (χ0v) is 30.4. The monoisotopic (exact) mass is 805 g/mol. The average Bonchev–Trinajstić information content (AvgIpc) is 3.66. The van der Waals surface area contributed by atoms with Crippen molar-refractivity contribution < 1.29 is 63.9 Å². The van der Waals surface area contributed by atoms with E-state index >= 15 is 0 Å². The fourth-order valence-electron chi connectivity index (χ4n) is 5.05. The quantitative estimate of drug-likeness (QED) is 0.0254. The van der Waals surface area contributed by atoms with Gasteiger partial charge >= 0.3 is 17.9 Å². The molecule has 312 valence electrons. The van der Waals surface area contributed by atoms with Crippen LogP contribution in [0.2, 0.25) is 0 Å². The summed E-state index contributed by atoms with van der Waals surface area (Å²) in [6.07, 6.45) is 0.0848. The molecular formula is C33H47N11O13. The second-order valence-corrected chi connectivity index (χ2v) is 12.6. The molecule has 1 aromatic carbocycles. The number of nitrogens with zero attached hydrogens (tertiary/aromatic N) is 2. The highest BCUT2D eigenvalue weighted by Crippen LogP contribution is 2.13. The Morgan fingerprint density at radius 1 is 0.719 bits per heavy atom. The van der Waals surface area contributed by atoms with Gasteiger partial charge in [-0.25, -0.2) is 9.78 Å². The summed E-state index contributed by atoms with van der Waals surface area (Å²) in [7, 11) is 0. The number of nitrogens with one attached hydrogen (secondary N) is 6. The third-order valence-corrected chi connectivity index (χ3v) is 8.01. The number of aromatic amines is 1. The molecule has 0 aliphatic rings. The van der Waals surface area contributed by atoms with Crippen LogP contribution in [0.15, 0.2) is 41.8 Å². The lowest BCUT2D eigenvalue weighted by Gasteiger charge is -2.27. The maximum atomic E-state index is 13.9. The number of guanidine groups is 1. The van der Waals surface area contributed by atoms with E-state index < -0.39 is 110 Å². The van der Waals surface area contributed by atoms with E-state index in [0.29, 0.717) is 11.3 Å². The van der Waals surface area contributed by atoms with Crippen LogP contribution >= 0.6 is 0 Å². The second-order valence-electron chi connectivity index (χ2n) is 12.6. The maximum Gasteiger partial charge on any atom is 0.326 e. The predicted octanol–water partition coefficient (Wildman–Crippen LogP) is -4.88. The number of phenolic OH excluding ortho intramolecular Hbond substituents is 1. The molecule has 0 spiro atoms. The van der Waals surface area contributed by atoms with Gasteiger partial charge in [0, 0.05) is 37.7 Å². The molecule has 0 unspecified atom stereocenters. The molecule has 0 saturated carbocycles. The van der Waals surface area contributed by atoms with Gasteiger partial charge in [0.25, 0.3) is 0 Å². The molecule has 0 saturated heterocycles. The van der Waals surface area contributed by atoms with E-state index in [-0.39, 0.29) is 43.9 Å². The summed E-state index contributed by atoms with van der Waals surface area (Å²) < 4.78 is 0. The lowest BCUT2D eigenvalue weighted by atomic mass is 10.0. The van der Waals surface area contributed by atoms with Crippen molar-refractivity contribution in [3.63, 3.8) is 0 Å². The van der Waals surface area contributed by atoms with E-state index in [1.165, 1.54) is 36.8 Å². The summed E-state index contributed by atoms with van der Waals surface area (Å²) in [5.74, 6) is -9.95. The van der Waals surface area contributed by atoms with Crippen LogP contribution in [0, 0.1) is 0 Å². The van der Waals surface area contributed by atoms with Crippen molar-refractivity contribution in [3.05, 3.63) is 48.0 Å². The molecule has 0 aliphatic heterocycles. The van der Waals surface area contributed by atoms with Crippen LogP contribution in [-0.2, 0) is 51.2 Å². The van der Waals surface area contributed by atoms with Gasteiger partial charge in [-0.15, -0.1) is 0 Å². The van der Waals surface area contributed by atoms with Gasteiger partial charge in [0.05, 0.1) is 25.4 Å². The summed E-state index contributed by atoms with van der Waals surface area (Å²) >= 11 is 0. The smallest absolute Gasteiger partial charge is 0.326 e. The van der Waals surface area contributed by atoms with E-state index in [1.54, 1.807) is 0 Å². The Hall–Kier alpha value is -6.82. The highest BCUT2D eigenvalue weighted by atomic mass is 16.4. The van der Waals surface area contributed by atoms with Crippen molar-refractivity contribution in [1.29, 1.82) is 0 Å². The molecular weight excluding hydrogens is 758 g/mol. The van der Waals surface area contributed by atoms with Crippen molar-refractivity contribution in [1.82, 2.24) is 36.6 Å². The predicted molar refractivity (Wildman–Crippen MR) is 195 cm³/mol. The molecule has 1 heterocycles. The number of H-pyrrole nitrogens is 1. The Labute approximate surface area is 324 Å². The fraction of sp³-hybridized carbons (Fsp3) is 0.455. The minimum absolute atomic E-state index is 0.0118. The summed E-state index contributed by atoms with van der Waals surface area (Å²) in [6, 6.07) is -4.14. The average molecular weight is 806 g/mol. The van der Waals surface area contributed by atoms with Gasteiger partial charge in [-0.1, -0.05) is 12.1 Å². The van der Waals surface area contributed by atoms with Crippen LogP contribution in [0.1, 0.15) is 43.4 Å². The number of aliphatic hydroxyl groups is 1. The summed E-state index contributed by atoms with van der Waals surface area (Å²) in [5, 5.41) is 59.1. The number of aliphatic carboxylic acids is 3. The number of hydrogen-bond acceptors (Lipinski definition) is 13. The van der Waals surface area contributed by atoms with Crippen molar-refractivity contribution in [3.8, 4) is 5.75 Å². The number of aliphatic imine (C=N–C) groups is 1. The zero-order valence-electron chi connectivity index (χ0n) is 30.4. The Balaban J connectivity index is 2.40. The molecule has 0 fully saturated rings. The van der Waals surface area contributed by atoms with Gasteiger partial charge in [0.15, 0.2) is 5.96 Å². The van der Waals surface area contributed by atoms with E-state index in [1.807, 2.05) is 5.32 Å². The first-order valence-electron chi connectivity index (χ1n) is 17.2. The van der Waals surface area contributed by atoms with Crippen molar-refractivity contribution >= 4 is 53.4 Å². The van der Waals surface area contributed by atoms with Crippen LogP contribution < -0.4 is 43.8 Å². The zero-order chi connectivity index (χ0) is 42.7. The number of amides is 5. The molecule has 0 radical (unpaired) electrons. The van der Waals surface area contributed by atoms with Crippen LogP contribution in [-0.4, -0.2) is 138 Å². The number of carboxylic acids is 3. The van der Waals surface area contributed by atoms with Gasteiger partial charge in [0.2, 0.25) is 29.5 Å². The van der Waals surface area contributed by atoms with Crippen LogP contribution in [0.5, 0.6) is 5.75 Å². The first-order chi connectivity index (χ1) is 26.9. The molecule has 6 atom stereocenters. The van der Waals surface area contributed by atoms with Gasteiger partial charge in [-0.2, -0.15) is 0 Å². The number of carbonyl (C=O) groups is 8. The van der Waals surface area contributed by atoms with Gasteiger partial charge in [-0.3, -0.25) is 38.6 Å². The summed E-state index contributed by atoms with van der Waals surface area (Å²) in [6.45, 7) is -1.04. The highest BCUT2D eigenvalue weighted by molar-refractivity contribution is 5.97. The number of aromatic nitrogens is 2. The Morgan fingerprint density at radius 2 is 1.26 bits per heavy atom. The van der Waals surface area contributed by atoms with Gasteiger partial charge < -0.3 is 74.3 Å². The van der Waals surface area contributed by atoms with Crippen molar-refractivity contribution in [2.45, 2.75) is 81.2 Å². The number of hydrogen-bond donors (Lipinski definition) is 14. The number of imidazole rings is 1. The number of carbonyl (C=O) groups excluding carboxylic acids is 5. The van der Waals surface area contributed by atoms with Crippen LogP contribution in [0.3, 0.4) is 0 Å². The highest BCUT2D eigenvalue weighted by Gasteiger charge is 2.33. The molecule has 17 N–H and O–H groups in total. The topological polar surface area (TPSA) is 417 Å². The first kappa shape index (κ1) is 46.3. The third-order valence-electron chi connectivity index (χ3n) is 8.01. The SMILES string of the molecule is NC(N)=NCCC[C@H](NC(=O)[C@H](Cc1ccc(O)cc1)NC(=O)[C@H](CCC(=O)O)NC(=O)[C@H](CO)NC(=O)[C@@H](N)CC(=O)O)C(=O)N[C@@H](Cc1cnc[nH]1)C(=O)O. The van der Waals surface area contributed by atoms with E-state index in [2.05, 4.69) is 36.2 Å². The number of phenols is 1. The van der Waals surface area contributed by atoms with Crippen LogP contribution in [0.25, 0.3) is 0 Å². The number of aromatic hydroxyl groups is 1. The molecule has 24 heteroatoms. The minimum Gasteiger partial charge on any atom is -0.508 e. The van der Waals surface area contributed by atoms with Crippen molar-refractivity contribution in [2.75, 3.05) is 13.2 Å². The number of nitrogens with two attached hydrogens (primary N) is 3. The molecule has 57 heavy (non-hydrogen) atoms. The number of benzene rings is 1. The lowest BCUT2D eigenvalue weighted by molar-refractivity contribution is -0.142. The van der Waals surface area contributed by atoms with E-state index in [9.17, 15) is 58.8 Å². The standard InChI is InChI=1S/C33H47N11O13/c34-19(12-26(49)50)27(51)44-24(14-45)31(55)41-21(7-8-25(47)48)29(53)42-22(10-16-3-5-18(46)6-4-16)30(54)40-20(2-1-9-38-33(35)36)28(52)43-23(32(56)57)11-17-13-37-15-39-17/h3-6,13,15,19-24,45-46H,1-2,7-12,14,34H2,(H,37,39)(H,40,54)(H,41,55)(H,42,53)(H,43,52)(H,44,51)(H,47,48)(H,49,50)(H,56,57)(H4,35,36,38)/t19-,20-,21-,22-,23-,24-/m0/s1. The molecule has 5 amide bonds. The van der Waals surface area contributed by atoms with Crippen LogP contribution in [0.4, 0.5) is 0 Å². The van der Waals surface area contributed by atoms with E-state index in [4.69, 9.17) is 22.3 Å². The number of rotatable bonds is 25. The molecule has 0 aliphatic carbocycles. The van der Waals surface area contributed by atoms with Gasteiger partial charge in [-0.05, 0) is 37.0 Å². The van der Waals surface area contributed by atoms with Gasteiger partial charge in [0.1, 0.15) is 36.0 Å². The number of aliphatic hydroxyl groups excluding tert-OH is 1. The minimum atomic E-state index is -1.77. The van der Waals surface area contributed by atoms with Crippen molar-refractivity contribution in [2.24, 2.45) is 22.2 Å². The van der Waals surface area contributed by atoms with E-state index in [0.717, 1.165) is 0 Å². The first-order valence-corrected chi connectivity index (χ1v) is 17.2. The fourth-order valence-corrected chi connectivity index (χ4v) is 5.05. The lowest BCUT2D eigenvalue weighted by Crippen LogP contribution is -2.60. The maximum absolute atomic E-state index is 13.9. The Morgan fingerprint density at radius 3 is 1.79 bits per heavy atom. The Bertz CT molecular complexity index is 1730. The second kappa shape index (κ2) is 23.2. The molecule has 1 aromatic heterocycles. The summed E-state index contributed by atoms with van der Waals surface area (Å²) in [4.78, 5) is 111. The number of carboxylic acid groups (broad SMARTS) is 3. The Kier molecular flexibility index (Phi) is 18.8. The normalized spacial score (nSPS) is 13.9. The largest absolute Gasteiger partial charge is 0.508 e. The molecule has 2 rings (SSSR count). The molecule has 2 aromatic rings. The third kappa shape index (κ3) is 17.0. The molecule has 24 nitrogen and oxygen atoms in total. The summed E-state index contributed by atoms with van der Waals surface area (Å²) in [5.41, 5.74) is 17.0.